The number of nitrogen functional groups attached to an aromatic ring is 1. The van der Waals surface area contributed by atoms with Gasteiger partial charge >= 0.3 is 0 Å². The molecule has 0 saturated carbocycles. The van der Waals surface area contributed by atoms with Crippen LogP contribution in [0.5, 0.6) is 0 Å². The van der Waals surface area contributed by atoms with E-state index in [4.69, 9.17) is 5.73 Å². The van der Waals surface area contributed by atoms with Gasteiger partial charge in [-0.2, -0.15) is 0 Å². The van der Waals surface area contributed by atoms with Crippen LogP contribution in [-0.2, 0) is 4.79 Å². The van der Waals surface area contributed by atoms with Gasteiger partial charge in [-0.05, 0) is 12.5 Å². The minimum atomic E-state index is -0.851. The van der Waals surface area contributed by atoms with Crippen LogP contribution >= 0.6 is 0 Å². The predicted molar refractivity (Wildman–Crippen MR) is 68.9 cm³/mol. The number of amides is 2. The number of carbonyl (C=O) groups is 2. The highest BCUT2D eigenvalue weighted by molar-refractivity contribution is 5.95. The number of carbonyl (C=O) groups excluding carboxylic acids is 2. The fourth-order valence-electron chi connectivity index (χ4n) is 1.37. The molecule has 1 rings (SSSR count). The molecule has 7 heteroatoms. The molecule has 1 aromatic rings. The summed E-state index contributed by atoms with van der Waals surface area (Å²) in [5, 5.41) is 5.12. The second-order valence-corrected chi connectivity index (χ2v) is 3.91. The second-order valence-electron chi connectivity index (χ2n) is 3.91. The fraction of sp³-hybridized carbons (Fsp3) is 0.417. The fourth-order valence-corrected chi connectivity index (χ4v) is 1.37. The minimum Gasteiger partial charge on any atom is -0.381 e. The third kappa shape index (κ3) is 4.53. The average molecular weight is 268 g/mol. The van der Waals surface area contributed by atoms with Crippen molar-refractivity contribution in [3.05, 3.63) is 23.6 Å². The number of hydrogen-bond acceptors (Lipinski definition) is 4. The number of nitrogens with one attached hydrogen (secondary N) is 2. The van der Waals surface area contributed by atoms with Crippen LogP contribution in [-0.4, -0.2) is 29.9 Å². The maximum Gasteiger partial charge on any atom is 0.254 e. The number of aromatic nitrogens is 1. The molecule has 0 fully saturated rings. The molecule has 0 saturated heterocycles. The van der Waals surface area contributed by atoms with Crippen molar-refractivity contribution in [2.24, 2.45) is 0 Å². The van der Waals surface area contributed by atoms with E-state index in [9.17, 15) is 14.0 Å². The molecule has 0 aliphatic carbocycles. The lowest BCUT2D eigenvalue weighted by molar-refractivity contribution is -0.120. The van der Waals surface area contributed by atoms with Gasteiger partial charge in [0.15, 0.2) is 11.6 Å². The summed E-state index contributed by atoms with van der Waals surface area (Å²) in [6.07, 6.45) is 2.24. The second kappa shape index (κ2) is 7.30. The van der Waals surface area contributed by atoms with E-state index >= 15 is 0 Å². The van der Waals surface area contributed by atoms with E-state index in [1.807, 2.05) is 6.92 Å². The van der Waals surface area contributed by atoms with E-state index in [1.54, 1.807) is 0 Å². The zero-order chi connectivity index (χ0) is 14.3. The third-order valence-corrected chi connectivity index (χ3v) is 2.37. The Morgan fingerprint density at radius 1 is 1.37 bits per heavy atom. The lowest BCUT2D eigenvalue weighted by atomic mass is 10.2. The molecule has 104 valence electrons. The Morgan fingerprint density at radius 3 is 2.79 bits per heavy atom. The van der Waals surface area contributed by atoms with E-state index in [2.05, 4.69) is 15.6 Å². The highest BCUT2D eigenvalue weighted by Crippen LogP contribution is 2.11. The molecule has 0 atom stereocenters. The Hall–Kier alpha value is -2.18. The number of hydrogen-bond donors (Lipinski definition) is 3. The molecule has 0 aromatic carbocycles. The van der Waals surface area contributed by atoms with Gasteiger partial charge in [0, 0.05) is 25.7 Å². The first kappa shape index (κ1) is 14.9. The van der Waals surface area contributed by atoms with Crippen molar-refractivity contribution in [1.82, 2.24) is 15.6 Å². The summed E-state index contributed by atoms with van der Waals surface area (Å²) in [4.78, 5) is 26.4. The van der Waals surface area contributed by atoms with Gasteiger partial charge in [0.25, 0.3) is 5.91 Å². The molecule has 0 unspecified atom stereocenters. The molecule has 0 aliphatic rings. The van der Waals surface area contributed by atoms with Crippen LogP contribution in [0.4, 0.5) is 10.2 Å². The zero-order valence-electron chi connectivity index (χ0n) is 10.7. The Labute approximate surface area is 110 Å². The minimum absolute atomic E-state index is 0.135. The summed E-state index contributed by atoms with van der Waals surface area (Å²) in [5.41, 5.74) is 5.08. The molecule has 4 N–H and O–H groups in total. The van der Waals surface area contributed by atoms with Crippen molar-refractivity contribution in [3.63, 3.8) is 0 Å². The first-order valence-electron chi connectivity index (χ1n) is 6.01. The smallest absolute Gasteiger partial charge is 0.254 e. The highest BCUT2D eigenvalue weighted by atomic mass is 19.1. The maximum absolute atomic E-state index is 13.5. The van der Waals surface area contributed by atoms with Gasteiger partial charge in [-0.15, -0.1) is 0 Å². The van der Waals surface area contributed by atoms with Gasteiger partial charge in [0.1, 0.15) is 0 Å². The topological polar surface area (TPSA) is 97.1 Å². The third-order valence-electron chi connectivity index (χ3n) is 2.37. The van der Waals surface area contributed by atoms with Crippen LogP contribution in [0.15, 0.2) is 12.3 Å². The van der Waals surface area contributed by atoms with Gasteiger partial charge < -0.3 is 16.4 Å². The van der Waals surface area contributed by atoms with Crippen LogP contribution < -0.4 is 16.4 Å². The van der Waals surface area contributed by atoms with Crippen LogP contribution in [0.1, 0.15) is 30.1 Å². The number of halogens is 1. The predicted octanol–water partition coefficient (Wildman–Crippen LogP) is 0.449. The van der Waals surface area contributed by atoms with Gasteiger partial charge in [-0.25, -0.2) is 9.37 Å². The van der Waals surface area contributed by atoms with Crippen molar-refractivity contribution in [3.8, 4) is 0 Å². The molecule has 19 heavy (non-hydrogen) atoms. The summed E-state index contributed by atoms with van der Waals surface area (Å²) in [7, 11) is 0. The Kier molecular flexibility index (Phi) is 5.72. The average Bonchev–Trinajstić information content (AvgIpc) is 2.39. The highest BCUT2D eigenvalue weighted by Gasteiger charge is 2.14. The van der Waals surface area contributed by atoms with Crippen molar-refractivity contribution >= 4 is 17.6 Å². The lowest BCUT2D eigenvalue weighted by Crippen LogP contribution is -2.31. The number of rotatable bonds is 6. The van der Waals surface area contributed by atoms with E-state index in [1.165, 1.54) is 12.3 Å². The molecule has 6 nitrogen and oxygen atoms in total. The van der Waals surface area contributed by atoms with E-state index in [-0.39, 0.29) is 30.3 Å². The molecule has 0 radical (unpaired) electrons. The Morgan fingerprint density at radius 2 is 2.11 bits per heavy atom. The number of nitrogens with zero attached hydrogens (tertiary/aromatic N) is 1. The Balaban J connectivity index is 2.43. The maximum atomic E-state index is 13.5. The van der Waals surface area contributed by atoms with Gasteiger partial charge in [-0.3, -0.25) is 9.59 Å². The molecule has 0 spiro atoms. The SMILES string of the molecule is CCCNC(=O)CCNC(=O)c1ccnc(N)c1F. The van der Waals surface area contributed by atoms with E-state index in [0.29, 0.717) is 6.54 Å². The summed E-state index contributed by atoms with van der Waals surface area (Å²) >= 11 is 0. The van der Waals surface area contributed by atoms with Gasteiger partial charge in [0.05, 0.1) is 5.56 Å². The normalized spacial score (nSPS) is 10.0. The van der Waals surface area contributed by atoms with Crippen molar-refractivity contribution < 1.29 is 14.0 Å². The number of pyridine rings is 1. The van der Waals surface area contributed by atoms with Crippen LogP contribution in [0.2, 0.25) is 0 Å². The molecule has 1 aromatic heterocycles. The summed E-state index contributed by atoms with van der Waals surface area (Å²) in [6, 6.07) is 1.23. The zero-order valence-corrected chi connectivity index (χ0v) is 10.7. The van der Waals surface area contributed by atoms with Crippen LogP contribution in [0.25, 0.3) is 0 Å². The summed E-state index contributed by atoms with van der Waals surface area (Å²) < 4.78 is 13.5. The number of nitrogens with two attached hydrogens (primary N) is 1. The molecule has 0 aliphatic heterocycles. The molecule has 0 bridgehead atoms. The molecular formula is C12H17FN4O2. The van der Waals surface area contributed by atoms with E-state index in [0.717, 1.165) is 6.42 Å². The van der Waals surface area contributed by atoms with E-state index < -0.39 is 11.7 Å². The van der Waals surface area contributed by atoms with Crippen LogP contribution in [0.3, 0.4) is 0 Å². The monoisotopic (exact) mass is 268 g/mol. The quantitative estimate of drug-likeness (QED) is 0.697. The first-order chi connectivity index (χ1) is 9.06. The molecule has 1 heterocycles. The summed E-state index contributed by atoms with van der Waals surface area (Å²) in [6.45, 7) is 2.68. The van der Waals surface area contributed by atoms with Crippen molar-refractivity contribution in [2.75, 3.05) is 18.8 Å². The van der Waals surface area contributed by atoms with Crippen LogP contribution in [0, 0.1) is 5.82 Å². The Bertz CT molecular complexity index is 465. The number of anilines is 1. The molecular weight excluding hydrogens is 251 g/mol. The van der Waals surface area contributed by atoms with Gasteiger partial charge in [0.2, 0.25) is 5.91 Å². The standard InChI is InChI=1S/C12H17FN4O2/c1-2-5-15-9(18)4-7-17-12(19)8-3-6-16-11(14)10(8)13/h3,6H,2,4-5,7H2,1H3,(H2,14,16)(H,15,18)(H,17,19). The van der Waals surface area contributed by atoms with Crippen molar-refractivity contribution in [2.45, 2.75) is 19.8 Å². The first-order valence-corrected chi connectivity index (χ1v) is 6.01. The van der Waals surface area contributed by atoms with Gasteiger partial charge in [-0.1, -0.05) is 6.92 Å². The summed E-state index contributed by atoms with van der Waals surface area (Å²) in [5.74, 6) is -1.95. The van der Waals surface area contributed by atoms with Crippen molar-refractivity contribution in [1.29, 1.82) is 0 Å². The molecule has 2 amide bonds. The largest absolute Gasteiger partial charge is 0.381 e. The lowest BCUT2D eigenvalue weighted by Gasteiger charge is -2.07.